The molecule has 0 unspecified atom stereocenters. The Kier molecular flexibility index (Phi) is 10.1. The molecule has 0 aromatic heterocycles. The van der Waals surface area contributed by atoms with Crippen molar-refractivity contribution in [3.8, 4) is 0 Å². The number of hydrogen-bond acceptors (Lipinski definition) is 7. The quantitative estimate of drug-likeness (QED) is 0.423. The van der Waals surface area contributed by atoms with Crippen LogP contribution in [0.3, 0.4) is 0 Å². The summed E-state index contributed by atoms with van der Waals surface area (Å²) in [6.07, 6.45) is 0. The summed E-state index contributed by atoms with van der Waals surface area (Å²) < 4.78 is 59.6. The van der Waals surface area contributed by atoms with E-state index in [4.69, 9.17) is 9.47 Å². The summed E-state index contributed by atoms with van der Waals surface area (Å²) in [6.45, 7) is 5.94. The zero-order valence-electron chi connectivity index (χ0n) is 18.0. The van der Waals surface area contributed by atoms with Crippen molar-refractivity contribution in [3.63, 3.8) is 0 Å². The van der Waals surface area contributed by atoms with E-state index in [-0.39, 0.29) is 24.7 Å². The van der Waals surface area contributed by atoms with Gasteiger partial charge in [0.2, 0.25) is 0 Å². The Balaban J connectivity index is 1.50. The first-order chi connectivity index (χ1) is 14.7. The van der Waals surface area contributed by atoms with E-state index in [1.807, 2.05) is 13.8 Å². The molecule has 31 heavy (non-hydrogen) atoms. The topological polar surface area (TPSA) is 98.8 Å². The van der Waals surface area contributed by atoms with E-state index >= 15 is 0 Å². The number of rotatable bonds is 14. The average Bonchev–Trinajstić information content (AvgIpc) is 2.72. The highest BCUT2D eigenvalue weighted by atomic mass is 32.2. The maximum Gasteiger partial charge on any atom is 0.180 e. The first-order valence-electron chi connectivity index (χ1n) is 10.2. The minimum absolute atomic E-state index is 0.0609. The largest absolute Gasteiger partial charge is 0.379 e. The van der Waals surface area contributed by atoms with Crippen LogP contribution in [0.2, 0.25) is 0 Å². The maximum atomic E-state index is 12.2. The van der Waals surface area contributed by atoms with Crippen LogP contribution in [-0.4, -0.2) is 67.9 Å². The van der Waals surface area contributed by atoms with Crippen molar-refractivity contribution in [1.29, 1.82) is 0 Å². The second-order valence-corrected chi connectivity index (χ2v) is 11.5. The summed E-state index contributed by atoms with van der Waals surface area (Å²) in [5.41, 5.74) is 2.02. The van der Waals surface area contributed by atoms with Gasteiger partial charge in [0.15, 0.2) is 19.7 Å². The molecule has 1 N–H and O–H groups in total. The molecule has 7 nitrogen and oxygen atoms in total. The van der Waals surface area contributed by atoms with Crippen molar-refractivity contribution < 1.29 is 26.3 Å². The summed E-state index contributed by atoms with van der Waals surface area (Å²) in [5.74, 6) is -0.122. The van der Waals surface area contributed by atoms with E-state index in [0.29, 0.717) is 36.1 Å². The Morgan fingerprint density at radius 1 is 0.613 bits per heavy atom. The molecule has 0 bridgehead atoms. The molecular formula is C22H31NO6S2. The summed E-state index contributed by atoms with van der Waals surface area (Å²) in [7, 11) is -6.67. The standard InChI is InChI=1S/C22H31NO6S2/c1-19-3-7-21(8-4-19)30(24,25)17-15-28-13-11-23-12-14-29-16-18-31(26,27)22-9-5-20(2)6-10-22/h3-10,23H,11-18H2,1-2H3. The molecule has 0 saturated carbocycles. The average molecular weight is 470 g/mol. The highest BCUT2D eigenvalue weighted by Crippen LogP contribution is 2.13. The third-order valence-electron chi connectivity index (χ3n) is 4.60. The van der Waals surface area contributed by atoms with E-state index in [9.17, 15) is 16.8 Å². The van der Waals surface area contributed by atoms with Gasteiger partial charge in [-0.3, -0.25) is 0 Å². The van der Waals surface area contributed by atoms with Crippen molar-refractivity contribution in [2.24, 2.45) is 0 Å². The lowest BCUT2D eigenvalue weighted by Gasteiger charge is -2.08. The Labute approximate surface area is 185 Å². The molecule has 0 atom stereocenters. The third-order valence-corrected chi connectivity index (χ3v) is 7.99. The van der Waals surface area contributed by atoms with Crippen molar-refractivity contribution in [1.82, 2.24) is 5.32 Å². The lowest BCUT2D eigenvalue weighted by molar-refractivity contribution is 0.135. The monoisotopic (exact) mass is 469 g/mol. The number of sulfone groups is 2. The Morgan fingerprint density at radius 3 is 1.32 bits per heavy atom. The van der Waals surface area contributed by atoms with Gasteiger partial charge in [0, 0.05) is 13.1 Å². The van der Waals surface area contributed by atoms with Crippen LogP contribution in [0, 0.1) is 13.8 Å². The van der Waals surface area contributed by atoms with Crippen LogP contribution in [0.15, 0.2) is 58.3 Å². The normalized spacial score (nSPS) is 12.2. The third kappa shape index (κ3) is 9.08. The van der Waals surface area contributed by atoms with Gasteiger partial charge < -0.3 is 14.8 Å². The number of hydrogen-bond donors (Lipinski definition) is 1. The minimum Gasteiger partial charge on any atom is -0.379 e. The van der Waals surface area contributed by atoms with Crippen LogP contribution in [0.25, 0.3) is 0 Å². The fourth-order valence-electron chi connectivity index (χ4n) is 2.68. The van der Waals surface area contributed by atoms with E-state index < -0.39 is 19.7 Å². The Bertz CT molecular complexity index is 917. The molecule has 9 heteroatoms. The highest BCUT2D eigenvalue weighted by Gasteiger charge is 2.14. The van der Waals surface area contributed by atoms with Crippen LogP contribution in [-0.2, 0) is 29.1 Å². The summed E-state index contributed by atoms with van der Waals surface area (Å²) in [4.78, 5) is 0.614. The number of ether oxygens (including phenoxy) is 2. The first-order valence-corrected chi connectivity index (χ1v) is 13.5. The van der Waals surface area contributed by atoms with Gasteiger partial charge in [0.05, 0.1) is 47.7 Å². The molecule has 0 heterocycles. The Hall–Kier alpha value is -1.78. The molecule has 0 saturated heterocycles. The van der Waals surface area contributed by atoms with E-state index in [1.54, 1.807) is 48.5 Å². The molecule has 0 fully saturated rings. The predicted molar refractivity (Wildman–Crippen MR) is 121 cm³/mol. The summed E-state index contributed by atoms with van der Waals surface area (Å²) >= 11 is 0. The molecule has 0 aliphatic carbocycles. The van der Waals surface area contributed by atoms with Crippen molar-refractivity contribution in [2.75, 3.05) is 51.0 Å². The predicted octanol–water partition coefficient (Wildman–Crippen LogP) is 2.17. The van der Waals surface area contributed by atoms with Gasteiger partial charge in [0.1, 0.15) is 0 Å². The minimum atomic E-state index is -3.33. The zero-order chi connectivity index (χ0) is 22.7. The number of nitrogens with one attached hydrogen (secondary N) is 1. The molecule has 0 aliphatic rings. The number of aryl methyl sites for hydroxylation is 2. The SMILES string of the molecule is Cc1ccc(S(=O)(=O)CCOCCNCCOCCS(=O)(=O)c2ccc(C)cc2)cc1. The van der Waals surface area contributed by atoms with Gasteiger partial charge in [-0.15, -0.1) is 0 Å². The van der Waals surface area contributed by atoms with Gasteiger partial charge in [-0.25, -0.2) is 16.8 Å². The summed E-state index contributed by atoms with van der Waals surface area (Å²) in [5, 5.41) is 3.11. The second kappa shape index (κ2) is 12.3. The van der Waals surface area contributed by atoms with Gasteiger partial charge in [-0.05, 0) is 38.1 Å². The first kappa shape index (κ1) is 25.5. The van der Waals surface area contributed by atoms with Crippen LogP contribution >= 0.6 is 0 Å². The molecule has 2 rings (SSSR count). The molecular weight excluding hydrogens is 438 g/mol. The van der Waals surface area contributed by atoms with Crippen molar-refractivity contribution >= 4 is 19.7 Å². The zero-order valence-corrected chi connectivity index (χ0v) is 19.7. The second-order valence-electron chi connectivity index (χ2n) is 7.24. The van der Waals surface area contributed by atoms with Gasteiger partial charge in [0.25, 0.3) is 0 Å². The van der Waals surface area contributed by atoms with Crippen molar-refractivity contribution in [2.45, 2.75) is 23.6 Å². The highest BCUT2D eigenvalue weighted by molar-refractivity contribution is 7.91. The molecule has 0 aliphatic heterocycles. The van der Waals surface area contributed by atoms with Gasteiger partial charge in [-0.2, -0.15) is 0 Å². The lowest BCUT2D eigenvalue weighted by atomic mass is 10.2. The smallest absolute Gasteiger partial charge is 0.180 e. The van der Waals surface area contributed by atoms with Crippen LogP contribution in [0.1, 0.15) is 11.1 Å². The van der Waals surface area contributed by atoms with E-state index in [2.05, 4.69) is 5.32 Å². The Morgan fingerprint density at radius 2 is 0.968 bits per heavy atom. The summed E-state index contributed by atoms with van der Waals surface area (Å²) in [6, 6.07) is 13.5. The molecule has 2 aromatic rings. The molecule has 172 valence electrons. The van der Waals surface area contributed by atoms with Crippen LogP contribution in [0.4, 0.5) is 0 Å². The molecule has 0 spiro atoms. The maximum absolute atomic E-state index is 12.2. The van der Waals surface area contributed by atoms with E-state index in [1.165, 1.54) is 0 Å². The fraction of sp³-hybridized carbons (Fsp3) is 0.455. The van der Waals surface area contributed by atoms with Crippen LogP contribution < -0.4 is 5.32 Å². The lowest BCUT2D eigenvalue weighted by Crippen LogP contribution is -2.25. The molecule has 0 radical (unpaired) electrons. The fourth-order valence-corrected chi connectivity index (χ4v) is 4.93. The van der Waals surface area contributed by atoms with E-state index in [0.717, 1.165) is 11.1 Å². The van der Waals surface area contributed by atoms with Crippen molar-refractivity contribution in [3.05, 3.63) is 59.7 Å². The van der Waals surface area contributed by atoms with Gasteiger partial charge >= 0.3 is 0 Å². The van der Waals surface area contributed by atoms with Gasteiger partial charge in [-0.1, -0.05) is 35.4 Å². The number of benzene rings is 2. The molecule has 0 amide bonds. The van der Waals surface area contributed by atoms with Crippen LogP contribution in [0.5, 0.6) is 0 Å². The molecule has 2 aromatic carbocycles.